The van der Waals surface area contributed by atoms with Gasteiger partial charge in [0.25, 0.3) is 0 Å². The second-order valence-electron chi connectivity index (χ2n) is 4.69. The smallest absolute Gasteiger partial charge is 0.119 e. The molecule has 2 rings (SSSR count). The molecule has 100 valence electrons. The van der Waals surface area contributed by atoms with Gasteiger partial charge in [-0.1, -0.05) is 6.42 Å². The quantitative estimate of drug-likeness (QED) is 0.840. The number of nitrogens with one attached hydrogen (secondary N) is 1. The highest BCUT2D eigenvalue weighted by Crippen LogP contribution is 2.18. The molecule has 0 aliphatic carbocycles. The van der Waals surface area contributed by atoms with Gasteiger partial charge in [-0.25, -0.2) is 0 Å². The molecule has 0 unspecified atom stereocenters. The molecule has 0 aromatic heterocycles. The normalized spacial score (nSPS) is 19.5. The minimum absolute atomic E-state index is 0.640. The molecule has 18 heavy (non-hydrogen) atoms. The average molecular weight is 249 g/mol. The third-order valence-electron chi connectivity index (χ3n) is 3.28. The second kappa shape index (κ2) is 7.27. The van der Waals surface area contributed by atoms with Gasteiger partial charge in [-0.15, -0.1) is 0 Å². The van der Waals surface area contributed by atoms with Gasteiger partial charge in [-0.2, -0.15) is 0 Å². The average Bonchev–Trinajstić information content (AvgIpc) is 2.42. The Morgan fingerprint density at radius 1 is 1.11 bits per heavy atom. The molecule has 0 saturated carbocycles. The van der Waals surface area contributed by atoms with Crippen LogP contribution in [0.25, 0.3) is 0 Å². The highest BCUT2D eigenvalue weighted by molar-refractivity contribution is 5.31. The van der Waals surface area contributed by atoms with E-state index in [0.29, 0.717) is 12.6 Å². The fraction of sp³-hybridized carbons (Fsp3) is 0.600. The number of rotatable bonds is 6. The lowest BCUT2D eigenvalue weighted by Crippen LogP contribution is -2.35. The van der Waals surface area contributed by atoms with Gasteiger partial charge in [-0.3, -0.25) is 0 Å². The first-order valence-electron chi connectivity index (χ1n) is 6.97. The van der Waals surface area contributed by atoms with Crippen LogP contribution >= 0.6 is 0 Å². The van der Waals surface area contributed by atoms with E-state index in [1.165, 1.54) is 19.3 Å². The lowest BCUT2D eigenvalue weighted by atomic mass is 10.0. The van der Waals surface area contributed by atoms with E-state index in [9.17, 15) is 0 Å². The van der Waals surface area contributed by atoms with Crippen LogP contribution in [0.5, 0.6) is 11.5 Å². The summed E-state index contributed by atoms with van der Waals surface area (Å²) >= 11 is 0. The zero-order valence-corrected chi connectivity index (χ0v) is 11.2. The first-order chi connectivity index (χ1) is 8.88. The minimum Gasteiger partial charge on any atom is -0.494 e. The van der Waals surface area contributed by atoms with Crippen molar-refractivity contribution in [2.75, 3.05) is 19.8 Å². The summed E-state index contributed by atoms with van der Waals surface area (Å²) in [7, 11) is 0. The van der Waals surface area contributed by atoms with E-state index >= 15 is 0 Å². The molecule has 1 fully saturated rings. The van der Waals surface area contributed by atoms with Crippen LogP contribution in [-0.2, 0) is 0 Å². The van der Waals surface area contributed by atoms with E-state index in [1.54, 1.807) is 0 Å². The molecule has 1 aromatic carbocycles. The maximum atomic E-state index is 5.75. The van der Waals surface area contributed by atoms with Crippen molar-refractivity contribution in [1.29, 1.82) is 0 Å². The predicted octanol–water partition coefficient (Wildman–Crippen LogP) is 3.00. The Bertz CT molecular complexity index is 331. The third kappa shape index (κ3) is 4.22. The molecule has 1 atom stereocenters. The van der Waals surface area contributed by atoms with Crippen LogP contribution in [0.2, 0.25) is 0 Å². The van der Waals surface area contributed by atoms with Gasteiger partial charge in [0.15, 0.2) is 0 Å². The van der Waals surface area contributed by atoms with Crippen LogP contribution in [-0.4, -0.2) is 25.8 Å². The van der Waals surface area contributed by atoms with Gasteiger partial charge in [0.05, 0.1) is 13.2 Å². The molecular formula is C15H23NO2. The van der Waals surface area contributed by atoms with E-state index in [-0.39, 0.29) is 0 Å². The standard InChI is InChI=1S/C15H23NO2/c1-2-17-14-6-8-15(9-7-14)18-12-10-13-5-3-4-11-16-13/h6-9,13,16H,2-5,10-12H2,1H3/t13-/m0/s1. The SMILES string of the molecule is CCOc1ccc(OCC[C@@H]2CCCCN2)cc1. The van der Waals surface area contributed by atoms with Crippen LogP contribution in [0.4, 0.5) is 0 Å². The van der Waals surface area contributed by atoms with Crippen molar-refractivity contribution in [3.63, 3.8) is 0 Å². The van der Waals surface area contributed by atoms with Crippen molar-refractivity contribution in [1.82, 2.24) is 5.32 Å². The van der Waals surface area contributed by atoms with E-state index < -0.39 is 0 Å². The van der Waals surface area contributed by atoms with E-state index in [0.717, 1.165) is 31.1 Å². The molecule has 1 aliphatic heterocycles. The summed E-state index contributed by atoms with van der Waals surface area (Å²) in [6.45, 7) is 4.63. The molecule has 1 aliphatic rings. The topological polar surface area (TPSA) is 30.5 Å². The Balaban J connectivity index is 1.69. The zero-order chi connectivity index (χ0) is 12.6. The molecule has 0 radical (unpaired) electrons. The van der Waals surface area contributed by atoms with Crippen molar-refractivity contribution in [3.8, 4) is 11.5 Å². The van der Waals surface area contributed by atoms with Crippen molar-refractivity contribution in [3.05, 3.63) is 24.3 Å². The Morgan fingerprint density at radius 3 is 2.44 bits per heavy atom. The van der Waals surface area contributed by atoms with E-state index in [4.69, 9.17) is 9.47 Å². The van der Waals surface area contributed by atoms with E-state index in [1.807, 2.05) is 31.2 Å². The maximum absolute atomic E-state index is 5.75. The van der Waals surface area contributed by atoms with Gasteiger partial charge < -0.3 is 14.8 Å². The highest BCUT2D eigenvalue weighted by atomic mass is 16.5. The largest absolute Gasteiger partial charge is 0.494 e. The van der Waals surface area contributed by atoms with E-state index in [2.05, 4.69) is 5.32 Å². The highest BCUT2D eigenvalue weighted by Gasteiger charge is 2.11. The summed E-state index contributed by atoms with van der Waals surface area (Å²) in [6.07, 6.45) is 5.04. The molecule has 0 spiro atoms. The van der Waals surface area contributed by atoms with Gasteiger partial charge >= 0.3 is 0 Å². The van der Waals surface area contributed by atoms with Crippen molar-refractivity contribution < 1.29 is 9.47 Å². The van der Waals surface area contributed by atoms with Crippen molar-refractivity contribution in [2.45, 2.75) is 38.6 Å². The zero-order valence-electron chi connectivity index (χ0n) is 11.2. The molecule has 1 heterocycles. The first-order valence-corrected chi connectivity index (χ1v) is 6.97. The Hall–Kier alpha value is -1.22. The van der Waals surface area contributed by atoms with Crippen LogP contribution < -0.4 is 14.8 Å². The minimum atomic E-state index is 0.640. The lowest BCUT2D eigenvalue weighted by molar-refractivity contribution is 0.267. The predicted molar refractivity (Wildman–Crippen MR) is 73.4 cm³/mol. The Labute approximate surface area is 109 Å². The summed E-state index contributed by atoms with van der Waals surface area (Å²) < 4.78 is 11.1. The Kier molecular flexibility index (Phi) is 5.34. The van der Waals surface area contributed by atoms with Gasteiger partial charge in [-0.05, 0) is 57.0 Å². The van der Waals surface area contributed by atoms with Crippen LogP contribution in [0, 0.1) is 0 Å². The van der Waals surface area contributed by atoms with Crippen molar-refractivity contribution in [2.24, 2.45) is 0 Å². The van der Waals surface area contributed by atoms with Gasteiger partial charge in [0, 0.05) is 6.04 Å². The van der Waals surface area contributed by atoms with Crippen molar-refractivity contribution >= 4 is 0 Å². The number of piperidine rings is 1. The van der Waals surface area contributed by atoms with Crippen LogP contribution in [0.3, 0.4) is 0 Å². The van der Waals surface area contributed by atoms with Gasteiger partial charge in [0.1, 0.15) is 11.5 Å². The molecule has 0 bridgehead atoms. The summed E-state index contributed by atoms with van der Waals surface area (Å²) in [5, 5.41) is 3.53. The lowest BCUT2D eigenvalue weighted by Gasteiger charge is -2.23. The summed E-state index contributed by atoms with van der Waals surface area (Å²) in [5.41, 5.74) is 0. The first kappa shape index (κ1) is 13.2. The molecule has 1 saturated heterocycles. The summed E-state index contributed by atoms with van der Waals surface area (Å²) in [5.74, 6) is 1.83. The molecule has 0 amide bonds. The summed E-state index contributed by atoms with van der Waals surface area (Å²) in [6, 6.07) is 8.50. The molecule has 3 nitrogen and oxygen atoms in total. The molecule has 1 N–H and O–H groups in total. The molecular weight excluding hydrogens is 226 g/mol. The maximum Gasteiger partial charge on any atom is 0.119 e. The fourth-order valence-corrected chi connectivity index (χ4v) is 2.29. The third-order valence-corrected chi connectivity index (χ3v) is 3.28. The molecule has 1 aromatic rings. The Morgan fingerprint density at radius 2 is 1.83 bits per heavy atom. The van der Waals surface area contributed by atoms with Crippen LogP contribution in [0.1, 0.15) is 32.6 Å². The number of hydrogen-bond acceptors (Lipinski definition) is 3. The number of benzene rings is 1. The number of hydrogen-bond donors (Lipinski definition) is 1. The monoisotopic (exact) mass is 249 g/mol. The fourth-order valence-electron chi connectivity index (χ4n) is 2.29. The summed E-state index contributed by atoms with van der Waals surface area (Å²) in [4.78, 5) is 0. The number of ether oxygens (including phenoxy) is 2. The second-order valence-corrected chi connectivity index (χ2v) is 4.69. The molecule has 3 heteroatoms. The van der Waals surface area contributed by atoms with Gasteiger partial charge in [0.2, 0.25) is 0 Å². The van der Waals surface area contributed by atoms with Crippen LogP contribution in [0.15, 0.2) is 24.3 Å².